The minimum Gasteiger partial charge on any atom is -0.498 e. The van der Waals surface area contributed by atoms with Gasteiger partial charge in [0.25, 0.3) is 0 Å². The van der Waals surface area contributed by atoms with Crippen LogP contribution in [0.2, 0.25) is 0 Å². The monoisotopic (exact) mass is 234 g/mol. The summed E-state index contributed by atoms with van der Waals surface area (Å²) < 4.78 is 5.98. The molecule has 0 aromatic carbocycles. The van der Waals surface area contributed by atoms with Gasteiger partial charge in [-0.25, -0.2) is 0 Å². The zero-order valence-electron chi connectivity index (χ0n) is 11.8. The van der Waals surface area contributed by atoms with E-state index in [4.69, 9.17) is 4.74 Å². The quantitative estimate of drug-likeness (QED) is 0.612. The van der Waals surface area contributed by atoms with Gasteiger partial charge in [-0.3, -0.25) is 0 Å². The van der Waals surface area contributed by atoms with Crippen LogP contribution in [0.15, 0.2) is 23.0 Å². The molecular formula is C16H26O. The Morgan fingerprint density at radius 3 is 2.29 bits per heavy atom. The lowest BCUT2D eigenvalue weighted by molar-refractivity contribution is 0.104. The van der Waals surface area contributed by atoms with Crippen molar-refractivity contribution in [1.82, 2.24) is 0 Å². The van der Waals surface area contributed by atoms with Gasteiger partial charge in [0.05, 0.1) is 12.4 Å². The number of allylic oxidation sites excluding steroid dienone is 3. The van der Waals surface area contributed by atoms with E-state index in [0.717, 1.165) is 6.42 Å². The second-order valence-electron chi connectivity index (χ2n) is 6.35. The summed E-state index contributed by atoms with van der Waals surface area (Å²) in [7, 11) is 0. The van der Waals surface area contributed by atoms with Crippen LogP contribution in [0.1, 0.15) is 66.2 Å². The van der Waals surface area contributed by atoms with Crippen molar-refractivity contribution in [3.8, 4) is 0 Å². The second-order valence-corrected chi connectivity index (χ2v) is 6.35. The predicted octanol–water partition coefficient (Wildman–Crippen LogP) is 4.99. The van der Waals surface area contributed by atoms with Crippen molar-refractivity contribution in [3.63, 3.8) is 0 Å². The van der Waals surface area contributed by atoms with E-state index >= 15 is 0 Å². The van der Waals surface area contributed by atoms with E-state index in [1.54, 1.807) is 0 Å². The van der Waals surface area contributed by atoms with E-state index in [0.29, 0.717) is 11.5 Å². The summed E-state index contributed by atoms with van der Waals surface area (Å²) in [6.07, 6.45) is 10.2. The lowest BCUT2D eigenvalue weighted by Gasteiger charge is -2.22. The Hall–Kier alpha value is -0.720. The maximum atomic E-state index is 5.98. The molecule has 0 heterocycles. The maximum absolute atomic E-state index is 5.98. The zero-order chi connectivity index (χ0) is 12.5. The van der Waals surface area contributed by atoms with E-state index in [9.17, 15) is 0 Å². The first-order valence-corrected chi connectivity index (χ1v) is 7.03. The fourth-order valence-electron chi connectivity index (χ4n) is 3.00. The summed E-state index contributed by atoms with van der Waals surface area (Å²) in [4.78, 5) is 0. The minimum atomic E-state index is 0.325. The fourth-order valence-corrected chi connectivity index (χ4v) is 3.00. The molecule has 2 aliphatic carbocycles. The zero-order valence-corrected chi connectivity index (χ0v) is 11.8. The summed E-state index contributed by atoms with van der Waals surface area (Å²) >= 11 is 0. The Morgan fingerprint density at radius 2 is 1.76 bits per heavy atom. The standard InChI is InChI=1S/C16H26O/c1-12-13(2)16(3,4)10-14(12)11-17-15-8-6-5-7-9-15/h11,15H,5-10H2,1-4H3. The third kappa shape index (κ3) is 2.75. The third-order valence-corrected chi connectivity index (χ3v) is 4.65. The molecule has 0 unspecified atom stereocenters. The molecule has 0 spiro atoms. The summed E-state index contributed by atoms with van der Waals surface area (Å²) in [5.41, 5.74) is 4.71. The first-order chi connectivity index (χ1) is 8.00. The normalized spacial score (nSPS) is 27.9. The average Bonchev–Trinajstić information content (AvgIpc) is 2.52. The fraction of sp³-hybridized carbons (Fsp3) is 0.750. The summed E-state index contributed by atoms with van der Waals surface area (Å²) in [6.45, 7) is 9.15. The Balaban J connectivity index is 1.99. The van der Waals surface area contributed by atoms with Gasteiger partial charge in [0, 0.05) is 0 Å². The molecule has 0 saturated heterocycles. The molecule has 0 amide bonds. The molecule has 96 valence electrons. The highest BCUT2D eigenvalue weighted by atomic mass is 16.5. The lowest BCUT2D eigenvalue weighted by atomic mass is 9.86. The highest BCUT2D eigenvalue weighted by molar-refractivity contribution is 5.42. The Bertz CT molecular complexity index is 341. The molecule has 1 saturated carbocycles. The van der Waals surface area contributed by atoms with Gasteiger partial charge >= 0.3 is 0 Å². The molecule has 0 aliphatic heterocycles. The van der Waals surface area contributed by atoms with Gasteiger partial charge in [-0.05, 0) is 62.5 Å². The largest absolute Gasteiger partial charge is 0.498 e. The molecule has 2 rings (SSSR count). The van der Waals surface area contributed by atoms with Gasteiger partial charge in [-0.2, -0.15) is 0 Å². The van der Waals surface area contributed by atoms with E-state index in [1.807, 2.05) is 0 Å². The van der Waals surface area contributed by atoms with Crippen LogP contribution in [0.5, 0.6) is 0 Å². The lowest BCUT2D eigenvalue weighted by Crippen LogP contribution is -2.14. The van der Waals surface area contributed by atoms with Gasteiger partial charge in [0.15, 0.2) is 0 Å². The van der Waals surface area contributed by atoms with E-state index in [2.05, 4.69) is 34.0 Å². The van der Waals surface area contributed by atoms with Crippen LogP contribution in [0, 0.1) is 5.41 Å². The number of hydrogen-bond donors (Lipinski definition) is 0. The Kier molecular flexibility index (Phi) is 3.65. The van der Waals surface area contributed by atoms with Crippen LogP contribution in [0.4, 0.5) is 0 Å². The molecule has 2 aliphatic rings. The maximum Gasteiger partial charge on any atom is 0.0978 e. The van der Waals surface area contributed by atoms with E-state index in [1.165, 1.54) is 48.8 Å². The van der Waals surface area contributed by atoms with Gasteiger partial charge in [-0.1, -0.05) is 25.8 Å². The molecule has 0 bridgehead atoms. The number of ether oxygens (including phenoxy) is 1. The van der Waals surface area contributed by atoms with Crippen LogP contribution in [-0.2, 0) is 4.74 Å². The summed E-state index contributed by atoms with van der Waals surface area (Å²) in [6, 6.07) is 0. The van der Waals surface area contributed by atoms with Crippen molar-refractivity contribution in [1.29, 1.82) is 0 Å². The second kappa shape index (κ2) is 4.88. The Morgan fingerprint density at radius 1 is 1.12 bits per heavy atom. The van der Waals surface area contributed by atoms with Crippen LogP contribution in [0.3, 0.4) is 0 Å². The van der Waals surface area contributed by atoms with Crippen molar-refractivity contribution >= 4 is 0 Å². The first kappa shape index (κ1) is 12.7. The molecule has 1 heteroatoms. The van der Waals surface area contributed by atoms with Crippen LogP contribution < -0.4 is 0 Å². The van der Waals surface area contributed by atoms with Crippen molar-refractivity contribution in [2.45, 2.75) is 72.3 Å². The van der Waals surface area contributed by atoms with Gasteiger partial charge in [0.1, 0.15) is 0 Å². The molecule has 0 N–H and O–H groups in total. The Labute approximate surface area is 106 Å². The van der Waals surface area contributed by atoms with Crippen LogP contribution in [0.25, 0.3) is 0 Å². The third-order valence-electron chi connectivity index (χ3n) is 4.65. The molecule has 0 aromatic rings. The molecule has 0 atom stereocenters. The smallest absolute Gasteiger partial charge is 0.0978 e. The van der Waals surface area contributed by atoms with Crippen LogP contribution in [-0.4, -0.2) is 6.10 Å². The van der Waals surface area contributed by atoms with Gasteiger partial charge < -0.3 is 4.74 Å². The predicted molar refractivity (Wildman–Crippen MR) is 72.8 cm³/mol. The number of rotatable bonds is 2. The molecule has 1 nitrogen and oxygen atoms in total. The molecule has 0 aromatic heterocycles. The SMILES string of the molecule is CC1=C(C)C(C)(C)CC1=COC1CCCCC1. The average molecular weight is 234 g/mol. The van der Waals surface area contributed by atoms with E-state index in [-0.39, 0.29) is 0 Å². The highest BCUT2D eigenvalue weighted by Gasteiger charge is 2.31. The number of hydrogen-bond acceptors (Lipinski definition) is 1. The van der Waals surface area contributed by atoms with Gasteiger partial charge in [0.2, 0.25) is 0 Å². The molecule has 1 fully saturated rings. The minimum absolute atomic E-state index is 0.325. The van der Waals surface area contributed by atoms with Crippen LogP contribution >= 0.6 is 0 Å². The van der Waals surface area contributed by atoms with Crippen molar-refractivity contribution in [2.75, 3.05) is 0 Å². The van der Waals surface area contributed by atoms with Crippen molar-refractivity contribution in [3.05, 3.63) is 23.0 Å². The van der Waals surface area contributed by atoms with E-state index < -0.39 is 0 Å². The van der Waals surface area contributed by atoms with Crippen molar-refractivity contribution < 1.29 is 4.74 Å². The summed E-state index contributed by atoms with van der Waals surface area (Å²) in [5.74, 6) is 0. The summed E-state index contributed by atoms with van der Waals surface area (Å²) in [5, 5.41) is 0. The first-order valence-electron chi connectivity index (χ1n) is 7.03. The molecule has 17 heavy (non-hydrogen) atoms. The van der Waals surface area contributed by atoms with Gasteiger partial charge in [-0.15, -0.1) is 0 Å². The topological polar surface area (TPSA) is 9.23 Å². The molecular weight excluding hydrogens is 208 g/mol. The highest BCUT2D eigenvalue weighted by Crippen LogP contribution is 2.45. The van der Waals surface area contributed by atoms with Crippen molar-refractivity contribution in [2.24, 2.45) is 5.41 Å². The molecule has 0 radical (unpaired) electrons.